The average Bonchev–Trinajstić information content (AvgIpc) is 3.10. The number of piperazine rings is 1. The second kappa shape index (κ2) is 8.13. The molecule has 2 amide bonds. The van der Waals surface area contributed by atoms with E-state index in [1.807, 2.05) is 0 Å². The van der Waals surface area contributed by atoms with Crippen molar-refractivity contribution in [1.29, 1.82) is 0 Å². The predicted molar refractivity (Wildman–Crippen MR) is 95.1 cm³/mol. The van der Waals surface area contributed by atoms with Gasteiger partial charge in [0.25, 0.3) is 0 Å². The van der Waals surface area contributed by atoms with Gasteiger partial charge in [-0.2, -0.15) is 4.31 Å². The summed E-state index contributed by atoms with van der Waals surface area (Å²) in [5, 5.41) is 8.43. The van der Waals surface area contributed by atoms with E-state index in [9.17, 15) is 18.0 Å². The Bertz CT molecular complexity index is 750. The zero-order chi connectivity index (χ0) is 17.2. The molecule has 2 aliphatic rings. The molecule has 3 rings (SSSR count). The van der Waals surface area contributed by atoms with E-state index in [2.05, 4.69) is 16.0 Å². The van der Waals surface area contributed by atoms with Crippen molar-refractivity contribution in [3.63, 3.8) is 0 Å². The number of anilines is 1. The fourth-order valence-corrected chi connectivity index (χ4v) is 4.28. The number of carbonyl (C=O) groups excluding carboxylic acids is 2. The minimum absolute atomic E-state index is 0. The van der Waals surface area contributed by atoms with Crippen molar-refractivity contribution >= 4 is 39.9 Å². The summed E-state index contributed by atoms with van der Waals surface area (Å²) >= 11 is 0. The van der Waals surface area contributed by atoms with Gasteiger partial charge in [0, 0.05) is 18.8 Å². The summed E-state index contributed by atoms with van der Waals surface area (Å²) in [4.78, 5) is 23.6. The van der Waals surface area contributed by atoms with Gasteiger partial charge in [-0.25, -0.2) is 8.42 Å². The van der Waals surface area contributed by atoms with Crippen molar-refractivity contribution in [2.24, 2.45) is 0 Å². The molecule has 25 heavy (non-hydrogen) atoms. The van der Waals surface area contributed by atoms with E-state index < -0.39 is 10.0 Å². The van der Waals surface area contributed by atoms with Gasteiger partial charge in [-0.05, 0) is 37.6 Å². The van der Waals surface area contributed by atoms with Crippen LogP contribution in [0.1, 0.15) is 12.8 Å². The molecule has 0 saturated carbocycles. The smallest absolute Gasteiger partial charge is 0.243 e. The van der Waals surface area contributed by atoms with Crippen LogP contribution in [0.2, 0.25) is 0 Å². The van der Waals surface area contributed by atoms with Gasteiger partial charge in [0.15, 0.2) is 0 Å². The molecule has 8 nitrogen and oxygen atoms in total. The summed E-state index contributed by atoms with van der Waals surface area (Å²) in [6.07, 6.45) is 1.72. The normalized spacial score (nSPS) is 21.3. The van der Waals surface area contributed by atoms with Crippen molar-refractivity contribution < 1.29 is 18.0 Å². The third-order valence-electron chi connectivity index (χ3n) is 4.12. The fourth-order valence-electron chi connectivity index (χ4n) is 2.84. The molecule has 138 valence electrons. The fraction of sp³-hybridized carbons (Fsp3) is 0.467. The highest BCUT2D eigenvalue weighted by atomic mass is 35.5. The summed E-state index contributed by atoms with van der Waals surface area (Å²) in [5.41, 5.74) is 0.427. The van der Waals surface area contributed by atoms with Crippen LogP contribution in [0.15, 0.2) is 29.2 Å². The average molecular weight is 389 g/mol. The van der Waals surface area contributed by atoms with Crippen molar-refractivity contribution in [2.75, 3.05) is 31.5 Å². The lowest BCUT2D eigenvalue weighted by Crippen LogP contribution is -2.49. The molecule has 2 heterocycles. The third kappa shape index (κ3) is 4.49. The van der Waals surface area contributed by atoms with Gasteiger partial charge >= 0.3 is 0 Å². The highest BCUT2D eigenvalue weighted by Gasteiger charge is 2.29. The highest BCUT2D eigenvalue weighted by Crippen LogP contribution is 2.20. The van der Waals surface area contributed by atoms with E-state index in [0.29, 0.717) is 12.2 Å². The molecular formula is C15H21ClN4O4S. The lowest BCUT2D eigenvalue weighted by atomic mass is 10.2. The van der Waals surface area contributed by atoms with E-state index in [0.717, 1.165) is 23.7 Å². The SMILES string of the molecule is Cl.O=C1CN(S(=O)(=O)c2cccc(NC(=O)C3CCCN3)c2)CCN1. The Labute approximate surface area is 152 Å². The molecule has 0 spiro atoms. The minimum Gasteiger partial charge on any atom is -0.354 e. The summed E-state index contributed by atoms with van der Waals surface area (Å²) in [5.74, 6) is -0.485. The lowest BCUT2D eigenvalue weighted by molar-refractivity contribution is -0.122. The van der Waals surface area contributed by atoms with Crippen LogP contribution in [0.5, 0.6) is 0 Å². The zero-order valence-corrected chi connectivity index (χ0v) is 15.2. The second-order valence-electron chi connectivity index (χ2n) is 5.85. The van der Waals surface area contributed by atoms with Crippen LogP contribution in [0.4, 0.5) is 5.69 Å². The number of nitrogens with zero attached hydrogens (tertiary/aromatic N) is 1. The van der Waals surface area contributed by atoms with Crippen LogP contribution in [0.3, 0.4) is 0 Å². The quantitative estimate of drug-likeness (QED) is 0.668. The molecular weight excluding hydrogens is 368 g/mol. The van der Waals surface area contributed by atoms with E-state index >= 15 is 0 Å². The monoisotopic (exact) mass is 388 g/mol. The standard InChI is InChI=1S/C15H20N4O4S.ClH/c20-14-10-19(8-7-17-14)24(22,23)12-4-1-3-11(9-12)18-15(21)13-5-2-6-16-13;/h1,3-4,9,13,16H,2,5-8,10H2,(H,17,20)(H,18,21);1H. The maximum atomic E-state index is 12.6. The Hall–Kier alpha value is -1.68. The van der Waals surface area contributed by atoms with Crippen LogP contribution in [0.25, 0.3) is 0 Å². The van der Waals surface area contributed by atoms with Gasteiger partial charge in [0.1, 0.15) is 0 Å². The number of hydrogen-bond donors (Lipinski definition) is 3. The summed E-state index contributed by atoms with van der Waals surface area (Å²) in [6, 6.07) is 5.87. The van der Waals surface area contributed by atoms with Gasteiger partial charge in [0.05, 0.1) is 17.5 Å². The van der Waals surface area contributed by atoms with Crippen molar-refractivity contribution in [3.8, 4) is 0 Å². The molecule has 2 saturated heterocycles. The molecule has 3 N–H and O–H groups in total. The Morgan fingerprint density at radius 1 is 1.28 bits per heavy atom. The number of rotatable bonds is 4. The van der Waals surface area contributed by atoms with Crippen LogP contribution in [0, 0.1) is 0 Å². The molecule has 1 aromatic rings. The summed E-state index contributed by atoms with van der Waals surface area (Å²) in [6.45, 7) is 1.15. The topological polar surface area (TPSA) is 108 Å². The molecule has 0 aromatic heterocycles. The molecule has 0 aliphatic carbocycles. The molecule has 1 unspecified atom stereocenters. The first-order chi connectivity index (χ1) is 11.5. The number of sulfonamides is 1. The molecule has 10 heteroatoms. The molecule has 2 aliphatic heterocycles. The molecule has 1 aromatic carbocycles. The predicted octanol–water partition coefficient (Wildman–Crippen LogP) is -0.0806. The highest BCUT2D eigenvalue weighted by molar-refractivity contribution is 7.89. The summed E-state index contributed by atoms with van der Waals surface area (Å²) in [7, 11) is -3.77. The van der Waals surface area contributed by atoms with Crippen molar-refractivity contribution in [1.82, 2.24) is 14.9 Å². The van der Waals surface area contributed by atoms with Crippen LogP contribution in [-0.4, -0.2) is 56.8 Å². The number of hydrogen-bond acceptors (Lipinski definition) is 5. The molecule has 0 bridgehead atoms. The number of carbonyl (C=O) groups is 2. The van der Waals surface area contributed by atoms with E-state index in [-0.39, 0.29) is 48.2 Å². The Balaban J connectivity index is 0.00000225. The van der Waals surface area contributed by atoms with Crippen LogP contribution < -0.4 is 16.0 Å². The number of nitrogens with one attached hydrogen (secondary N) is 3. The first-order valence-electron chi connectivity index (χ1n) is 7.88. The van der Waals surface area contributed by atoms with E-state index in [1.54, 1.807) is 12.1 Å². The van der Waals surface area contributed by atoms with Crippen LogP contribution >= 0.6 is 12.4 Å². The number of benzene rings is 1. The zero-order valence-electron chi connectivity index (χ0n) is 13.5. The van der Waals surface area contributed by atoms with E-state index in [1.165, 1.54) is 12.1 Å². The number of amides is 2. The van der Waals surface area contributed by atoms with Gasteiger partial charge in [-0.3, -0.25) is 9.59 Å². The van der Waals surface area contributed by atoms with Crippen molar-refractivity contribution in [2.45, 2.75) is 23.8 Å². The maximum absolute atomic E-state index is 12.6. The first-order valence-corrected chi connectivity index (χ1v) is 9.32. The lowest BCUT2D eigenvalue weighted by Gasteiger charge is -2.26. The Morgan fingerprint density at radius 3 is 2.76 bits per heavy atom. The molecule has 1 atom stereocenters. The third-order valence-corrected chi connectivity index (χ3v) is 5.96. The second-order valence-corrected chi connectivity index (χ2v) is 7.79. The summed E-state index contributed by atoms with van der Waals surface area (Å²) < 4.78 is 26.4. The maximum Gasteiger partial charge on any atom is 0.243 e. The van der Waals surface area contributed by atoms with Crippen LogP contribution in [-0.2, 0) is 19.6 Å². The Kier molecular flexibility index (Phi) is 6.39. The largest absolute Gasteiger partial charge is 0.354 e. The van der Waals surface area contributed by atoms with Gasteiger partial charge in [0.2, 0.25) is 21.8 Å². The minimum atomic E-state index is -3.77. The Morgan fingerprint density at radius 2 is 2.08 bits per heavy atom. The van der Waals surface area contributed by atoms with Gasteiger partial charge in [-0.1, -0.05) is 6.07 Å². The molecule has 0 radical (unpaired) electrons. The van der Waals surface area contributed by atoms with E-state index in [4.69, 9.17) is 0 Å². The van der Waals surface area contributed by atoms with Crippen molar-refractivity contribution in [3.05, 3.63) is 24.3 Å². The van der Waals surface area contributed by atoms with Gasteiger partial charge in [-0.15, -0.1) is 12.4 Å². The first kappa shape index (κ1) is 19.6. The number of halogens is 1. The van der Waals surface area contributed by atoms with Gasteiger partial charge < -0.3 is 16.0 Å². The molecule has 2 fully saturated rings.